The molecule has 27 heavy (non-hydrogen) atoms. The van der Waals surface area contributed by atoms with Crippen LogP contribution in [0.2, 0.25) is 0 Å². The summed E-state index contributed by atoms with van der Waals surface area (Å²) < 4.78 is 0. The number of amides is 1. The van der Waals surface area contributed by atoms with E-state index in [2.05, 4.69) is 22.2 Å². The molecule has 3 aliphatic rings. The fourth-order valence-electron chi connectivity index (χ4n) is 5.57. The molecule has 2 heterocycles. The van der Waals surface area contributed by atoms with Gasteiger partial charge in [-0.2, -0.15) is 0 Å². The summed E-state index contributed by atoms with van der Waals surface area (Å²) in [6.07, 6.45) is 10.6. The highest BCUT2D eigenvalue weighted by Crippen LogP contribution is 2.49. The van der Waals surface area contributed by atoms with Gasteiger partial charge in [-0.1, -0.05) is 18.2 Å². The van der Waals surface area contributed by atoms with Gasteiger partial charge in [0.15, 0.2) is 0 Å². The van der Waals surface area contributed by atoms with Crippen LogP contribution in [0.3, 0.4) is 0 Å². The molecule has 5 rings (SSSR count). The van der Waals surface area contributed by atoms with E-state index < -0.39 is 0 Å². The zero-order chi connectivity index (χ0) is 18.5. The van der Waals surface area contributed by atoms with E-state index in [0.717, 1.165) is 34.5 Å². The van der Waals surface area contributed by atoms with Gasteiger partial charge in [0.1, 0.15) is 16.2 Å². The molecule has 4 nitrogen and oxygen atoms in total. The Morgan fingerprint density at radius 3 is 2.93 bits per heavy atom. The maximum atomic E-state index is 12.9. The Morgan fingerprint density at radius 2 is 2.15 bits per heavy atom. The lowest BCUT2D eigenvalue weighted by Crippen LogP contribution is -2.43. The van der Waals surface area contributed by atoms with Crippen LogP contribution in [-0.2, 0) is 17.6 Å². The van der Waals surface area contributed by atoms with Crippen LogP contribution in [0.25, 0.3) is 10.2 Å². The molecule has 0 aliphatic heterocycles. The molecule has 2 aromatic heterocycles. The Hall–Kier alpha value is -1.14. The van der Waals surface area contributed by atoms with E-state index >= 15 is 0 Å². The molecule has 2 aromatic rings. The second-order valence-corrected chi connectivity index (χ2v) is 11.0. The van der Waals surface area contributed by atoms with Gasteiger partial charge in [-0.15, -0.1) is 11.3 Å². The van der Waals surface area contributed by atoms with E-state index in [0.29, 0.717) is 5.92 Å². The molecule has 144 valence electrons. The number of hydrogen-bond donors (Lipinski definition) is 1. The number of nitrogens with zero attached hydrogens (tertiary/aromatic N) is 2. The van der Waals surface area contributed by atoms with Gasteiger partial charge in [0.25, 0.3) is 0 Å². The van der Waals surface area contributed by atoms with Crippen LogP contribution in [0.1, 0.15) is 56.4 Å². The molecule has 6 heteroatoms. The van der Waals surface area contributed by atoms with Gasteiger partial charge in [0, 0.05) is 16.3 Å². The van der Waals surface area contributed by atoms with Crippen LogP contribution in [0.15, 0.2) is 11.4 Å². The first-order valence-corrected chi connectivity index (χ1v) is 12.0. The summed E-state index contributed by atoms with van der Waals surface area (Å²) in [4.78, 5) is 24.4. The molecule has 2 bridgehead atoms. The van der Waals surface area contributed by atoms with Crippen molar-refractivity contribution in [1.82, 2.24) is 15.3 Å². The quantitative estimate of drug-likeness (QED) is 0.587. The zero-order valence-electron chi connectivity index (χ0n) is 16.0. The fourth-order valence-corrected chi connectivity index (χ4v) is 7.81. The third kappa shape index (κ3) is 3.19. The Morgan fingerprint density at radius 1 is 1.26 bits per heavy atom. The van der Waals surface area contributed by atoms with Gasteiger partial charge in [-0.25, -0.2) is 9.97 Å². The summed E-state index contributed by atoms with van der Waals surface area (Å²) in [5, 5.41) is 5.37. The molecule has 1 amide bonds. The second kappa shape index (κ2) is 7.03. The third-order valence-electron chi connectivity index (χ3n) is 6.93. The first-order valence-electron chi connectivity index (χ1n) is 10.3. The Kier molecular flexibility index (Phi) is 4.67. The minimum absolute atomic E-state index is 0.138. The Balaban J connectivity index is 1.28. The number of carbonyl (C=O) groups is 1. The average molecular weight is 402 g/mol. The van der Waals surface area contributed by atoms with E-state index in [1.807, 2.05) is 6.92 Å². The molecule has 1 N–H and O–H groups in total. The molecule has 5 unspecified atom stereocenters. The largest absolute Gasteiger partial charge is 0.352 e. The Labute approximate surface area is 168 Å². The molecule has 5 atom stereocenters. The molecular formula is C21H27N3OS2. The van der Waals surface area contributed by atoms with Gasteiger partial charge in [0.2, 0.25) is 5.91 Å². The maximum Gasteiger partial charge on any atom is 0.233 e. The molecular weight excluding hydrogens is 374 g/mol. The van der Waals surface area contributed by atoms with Crippen molar-refractivity contribution >= 4 is 39.2 Å². The first-order chi connectivity index (χ1) is 13.1. The number of aryl methyl sites for hydroxylation is 2. The summed E-state index contributed by atoms with van der Waals surface area (Å²) in [7, 11) is 0. The second-order valence-electron chi connectivity index (χ2n) is 8.61. The molecule has 3 aliphatic carbocycles. The maximum absolute atomic E-state index is 12.9. The van der Waals surface area contributed by atoms with E-state index in [1.54, 1.807) is 29.4 Å². The van der Waals surface area contributed by atoms with Crippen molar-refractivity contribution in [3.63, 3.8) is 0 Å². The van der Waals surface area contributed by atoms with Crippen molar-refractivity contribution in [2.45, 2.75) is 75.1 Å². The van der Waals surface area contributed by atoms with Crippen molar-refractivity contribution in [2.75, 3.05) is 0 Å². The number of thiophene rings is 1. The smallest absolute Gasteiger partial charge is 0.233 e. The van der Waals surface area contributed by atoms with E-state index in [4.69, 9.17) is 0 Å². The molecule has 0 spiro atoms. The number of fused-ring (bicyclic) bond motifs is 5. The van der Waals surface area contributed by atoms with E-state index in [9.17, 15) is 4.79 Å². The van der Waals surface area contributed by atoms with E-state index in [1.165, 1.54) is 47.9 Å². The van der Waals surface area contributed by atoms with Crippen molar-refractivity contribution in [3.05, 3.63) is 16.8 Å². The summed E-state index contributed by atoms with van der Waals surface area (Å²) in [6.45, 7) is 4.21. The van der Waals surface area contributed by atoms with Gasteiger partial charge >= 0.3 is 0 Å². The van der Waals surface area contributed by atoms with Crippen LogP contribution >= 0.6 is 23.1 Å². The van der Waals surface area contributed by atoms with Crippen molar-refractivity contribution < 1.29 is 4.79 Å². The van der Waals surface area contributed by atoms with Gasteiger partial charge in [-0.3, -0.25) is 4.79 Å². The fraction of sp³-hybridized carbons (Fsp3) is 0.667. The van der Waals surface area contributed by atoms with Crippen LogP contribution in [-0.4, -0.2) is 27.2 Å². The minimum Gasteiger partial charge on any atom is -0.352 e. The molecule has 2 saturated carbocycles. The highest BCUT2D eigenvalue weighted by molar-refractivity contribution is 8.00. The van der Waals surface area contributed by atoms with Gasteiger partial charge in [-0.05, 0) is 75.7 Å². The van der Waals surface area contributed by atoms with Crippen LogP contribution < -0.4 is 5.32 Å². The zero-order valence-corrected chi connectivity index (χ0v) is 17.7. The lowest BCUT2D eigenvalue weighted by Gasteiger charge is -2.29. The van der Waals surface area contributed by atoms with Crippen LogP contribution in [0.5, 0.6) is 0 Å². The molecule has 0 aromatic carbocycles. The van der Waals surface area contributed by atoms with Gasteiger partial charge in [0.05, 0.1) is 5.25 Å². The number of rotatable bonds is 5. The summed E-state index contributed by atoms with van der Waals surface area (Å²) >= 11 is 3.40. The standard InChI is InChI=1S/C21H27N3OS2/c1-11(16-9-13-6-7-14(16)8-13)24-19(25)12(2)26-20-18-15-4-3-5-17(15)27-21(18)23-10-22-20/h10-14,16H,3-9H2,1-2H3,(H,24,25). The number of carbonyl (C=O) groups excluding carboxylic acids is 1. The topological polar surface area (TPSA) is 54.9 Å². The SMILES string of the molecule is CC(Sc1ncnc2sc3c(c12)CCC3)C(=O)NC(C)C1CC2CCC1C2. The molecule has 2 fully saturated rings. The number of aromatic nitrogens is 2. The van der Waals surface area contributed by atoms with Gasteiger partial charge < -0.3 is 5.32 Å². The average Bonchev–Trinajstić information content (AvgIpc) is 3.41. The van der Waals surface area contributed by atoms with Crippen molar-refractivity contribution in [1.29, 1.82) is 0 Å². The highest BCUT2D eigenvalue weighted by Gasteiger charge is 2.42. The summed E-state index contributed by atoms with van der Waals surface area (Å²) in [5.41, 5.74) is 1.43. The summed E-state index contributed by atoms with van der Waals surface area (Å²) in [6, 6.07) is 0.284. The first kappa shape index (κ1) is 17.9. The highest BCUT2D eigenvalue weighted by atomic mass is 32.2. The van der Waals surface area contributed by atoms with Crippen molar-refractivity contribution in [2.24, 2.45) is 17.8 Å². The number of hydrogen-bond acceptors (Lipinski definition) is 5. The minimum atomic E-state index is -0.138. The lowest BCUT2D eigenvalue weighted by atomic mass is 9.84. The predicted molar refractivity (Wildman–Crippen MR) is 111 cm³/mol. The molecule has 0 saturated heterocycles. The number of nitrogens with one attached hydrogen (secondary N) is 1. The number of thioether (sulfide) groups is 1. The van der Waals surface area contributed by atoms with Crippen molar-refractivity contribution in [3.8, 4) is 0 Å². The monoisotopic (exact) mass is 401 g/mol. The van der Waals surface area contributed by atoms with Crippen LogP contribution in [0.4, 0.5) is 0 Å². The van der Waals surface area contributed by atoms with Crippen LogP contribution in [0, 0.1) is 17.8 Å². The predicted octanol–water partition coefficient (Wildman–Crippen LogP) is 4.60. The third-order valence-corrected chi connectivity index (χ3v) is 9.23. The van der Waals surface area contributed by atoms with E-state index in [-0.39, 0.29) is 17.2 Å². The normalized spacial score (nSPS) is 28.4. The molecule has 0 radical (unpaired) electrons. The lowest BCUT2D eigenvalue weighted by molar-refractivity contribution is -0.121. The Bertz CT molecular complexity index is 880. The summed E-state index contributed by atoms with van der Waals surface area (Å²) in [5.74, 6) is 2.58.